The molecule has 0 radical (unpaired) electrons. The lowest BCUT2D eigenvalue weighted by atomic mass is 10.1. The maximum atomic E-state index is 10.9. The Labute approximate surface area is 85.5 Å². The summed E-state index contributed by atoms with van der Waals surface area (Å²) in [6, 6.07) is 3.72. The topological polar surface area (TPSA) is 30.0 Å². The molecule has 0 fully saturated rings. The van der Waals surface area contributed by atoms with Gasteiger partial charge >= 0.3 is 0 Å². The fraction of sp³-hybridized carbons (Fsp3) is 0.333. The highest BCUT2D eigenvalue weighted by molar-refractivity contribution is 14.1. The van der Waals surface area contributed by atoms with Crippen LogP contribution in [0.1, 0.15) is 35.8 Å². The van der Waals surface area contributed by atoms with Gasteiger partial charge in [0.1, 0.15) is 5.69 Å². The van der Waals surface area contributed by atoms with Crippen molar-refractivity contribution in [3.05, 3.63) is 29.6 Å². The molecule has 1 rings (SSSR count). The Morgan fingerprint density at radius 2 is 2.17 bits per heavy atom. The molecule has 0 unspecified atom stereocenters. The highest BCUT2D eigenvalue weighted by atomic mass is 127. The molecule has 0 aromatic carbocycles. The molecule has 1 heterocycles. The van der Waals surface area contributed by atoms with E-state index in [0.717, 1.165) is 5.56 Å². The summed E-state index contributed by atoms with van der Waals surface area (Å²) in [6.45, 7) is 4.20. The minimum absolute atomic E-state index is 0.0112. The molecule has 0 aliphatic carbocycles. The molecular weight excluding hydrogens is 265 g/mol. The van der Waals surface area contributed by atoms with Crippen LogP contribution in [0, 0.1) is 0 Å². The van der Waals surface area contributed by atoms with Crippen LogP contribution in [0.15, 0.2) is 18.3 Å². The van der Waals surface area contributed by atoms with E-state index in [-0.39, 0.29) is 3.79 Å². The third-order valence-electron chi connectivity index (χ3n) is 1.65. The summed E-state index contributed by atoms with van der Waals surface area (Å²) >= 11 is 1.74. The predicted octanol–water partition coefficient (Wildman–Crippen LogP) is 2.78. The molecule has 64 valence electrons. The zero-order chi connectivity index (χ0) is 9.14. The average Bonchev–Trinajstić information content (AvgIpc) is 2.04. The molecule has 0 bridgehead atoms. The van der Waals surface area contributed by atoms with Crippen LogP contribution in [0.5, 0.6) is 0 Å². The minimum atomic E-state index is -0.0112. The Morgan fingerprint density at radius 3 is 2.50 bits per heavy atom. The van der Waals surface area contributed by atoms with Crippen LogP contribution in [-0.2, 0) is 0 Å². The number of hydrogen-bond acceptors (Lipinski definition) is 2. The number of aromatic nitrogens is 1. The monoisotopic (exact) mass is 275 g/mol. The van der Waals surface area contributed by atoms with Gasteiger partial charge in [-0.1, -0.05) is 19.9 Å². The fourth-order valence-electron chi connectivity index (χ4n) is 0.863. The van der Waals surface area contributed by atoms with Crippen LogP contribution in [0.4, 0.5) is 0 Å². The zero-order valence-electron chi connectivity index (χ0n) is 7.04. The molecule has 1 aromatic heterocycles. The molecule has 0 amide bonds. The molecule has 0 aliphatic rings. The maximum Gasteiger partial charge on any atom is 0.240 e. The van der Waals surface area contributed by atoms with E-state index in [1.54, 1.807) is 34.9 Å². The molecule has 3 heteroatoms. The number of hydrogen-bond donors (Lipinski definition) is 0. The summed E-state index contributed by atoms with van der Waals surface area (Å²) in [7, 11) is 0. The lowest BCUT2D eigenvalue weighted by Gasteiger charge is -2.03. The van der Waals surface area contributed by atoms with Crippen LogP contribution in [0.2, 0.25) is 0 Å². The first-order valence-electron chi connectivity index (χ1n) is 3.77. The van der Waals surface area contributed by atoms with Crippen LogP contribution >= 0.6 is 22.6 Å². The smallest absolute Gasteiger partial charge is 0.240 e. The van der Waals surface area contributed by atoms with Crippen LogP contribution in [0.25, 0.3) is 0 Å². The molecule has 0 spiro atoms. The van der Waals surface area contributed by atoms with Gasteiger partial charge in [-0.15, -0.1) is 0 Å². The molecule has 0 saturated heterocycles. The second kappa shape index (κ2) is 3.98. The van der Waals surface area contributed by atoms with Crippen molar-refractivity contribution in [3.63, 3.8) is 0 Å². The molecular formula is C9H10INO. The van der Waals surface area contributed by atoms with Crippen molar-refractivity contribution in [3.8, 4) is 0 Å². The third kappa shape index (κ3) is 2.27. The van der Waals surface area contributed by atoms with Gasteiger partial charge in [0.2, 0.25) is 3.79 Å². The van der Waals surface area contributed by atoms with Crippen molar-refractivity contribution in [1.29, 1.82) is 0 Å². The molecule has 1 aromatic rings. The van der Waals surface area contributed by atoms with E-state index in [0.29, 0.717) is 11.6 Å². The lowest BCUT2D eigenvalue weighted by molar-refractivity contribution is 0.110. The van der Waals surface area contributed by atoms with E-state index in [2.05, 4.69) is 18.8 Å². The van der Waals surface area contributed by atoms with Gasteiger partial charge in [0.25, 0.3) is 0 Å². The summed E-state index contributed by atoms with van der Waals surface area (Å²) in [5.74, 6) is 0.468. The second-order valence-corrected chi connectivity index (χ2v) is 3.88. The van der Waals surface area contributed by atoms with Crippen LogP contribution in [0.3, 0.4) is 0 Å². The normalized spacial score (nSPS) is 10.3. The van der Waals surface area contributed by atoms with Gasteiger partial charge in [-0.2, -0.15) is 0 Å². The minimum Gasteiger partial charge on any atom is -0.280 e. The number of pyridine rings is 1. The molecule has 0 N–H and O–H groups in total. The lowest BCUT2D eigenvalue weighted by Crippen LogP contribution is -1.95. The van der Waals surface area contributed by atoms with Gasteiger partial charge < -0.3 is 0 Å². The number of rotatable bonds is 2. The maximum absolute atomic E-state index is 10.9. The molecule has 2 nitrogen and oxygen atoms in total. The molecule has 0 aliphatic heterocycles. The highest BCUT2D eigenvalue weighted by Gasteiger charge is 2.03. The van der Waals surface area contributed by atoms with Crippen molar-refractivity contribution in [1.82, 2.24) is 4.98 Å². The molecule has 12 heavy (non-hydrogen) atoms. The summed E-state index contributed by atoms with van der Waals surface area (Å²) in [5.41, 5.74) is 1.69. The van der Waals surface area contributed by atoms with E-state index < -0.39 is 0 Å². The van der Waals surface area contributed by atoms with Crippen molar-refractivity contribution in [2.75, 3.05) is 0 Å². The van der Waals surface area contributed by atoms with Crippen molar-refractivity contribution in [2.24, 2.45) is 0 Å². The zero-order valence-corrected chi connectivity index (χ0v) is 9.20. The quantitative estimate of drug-likeness (QED) is 0.613. The largest absolute Gasteiger partial charge is 0.280 e. The summed E-state index contributed by atoms with van der Waals surface area (Å²) in [5, 5.41) is 0. The van der Waals surface area contributed by atoms with E-state index in [4.69, 9.17) is 0 Å². The van der Waals surface area contributed by atoms with Gasteiger partial charge in [0.15, 0.2) is 0 Å². The van der Waals surface area contributed by atoms with E-state index in [1.165, 1.54) is 0 Å². The van der Waals surface area contributed by atoms with Crippen molar-refractivity contribution >= 4 is 26.4 Å². The molecule has 0 atom stereocenters. The van der Waals surface area contributed by atoms with Crippen molar-refractivity contribution in [2.45, 2.75) is 19.8 Å². The van der Waals surface area contributed by atoms with E-state index in [1.807, 2.05) is 6.07 Å². The standard InChI is InChI=1S/C9H10INO/c1-6(2)7-3-4-8(9(10)12)11-5-7/h3-6H,1-2H3. The second-order valence-electron chi connectivity index (χ2n) is 2.91. The Morgan fingerprint density at radius 1 is 1.50 bits per heavy atom. The Balaban J connectivity index is 2.93. The molecule has 0 saturated carbocycles. The number of carbonyl (C=O) groups excluding carboxylic acids is 1. The van der Waals surface area contributed by atoms with Gasteiger partial charge in [0, 0.05) is 28.8 Å². The summed E-state index contributed by atoms with van der Waals surface area (Å²) in [6.07, 6.45) is 1.76. The Hall–Kier alpha value is -0.450. The number of nitrogens with zero attached hydrogens (tertiary/aromatic N) is 1. The van der Waals surface area contributed by atoms with Gasteiger partial charge in [-0.25, -0.2) is 0 Å². The summed E-state index contributed by atoms with van der Waals surface area (Å²) in [4.78, 5) is 14.9. The summed E-state index contributed by atoms with van der Waals surface area (Å²) < 4.78 is -0.0112. The third-order valence-corrected chi connectivity index (χ3v) is 2.21. The van der Waals surface area contributed by atoms with Crippen molar-refractivity contribution < 1.29 is 4.79 Å². The Kier molecular flexibility index (Phi) is 3.20. The van der Waals surface area contributed by atoms with E-state index >= 15 is 0 Å². The first kappa shape index (κ1) is 9.64. The SMILES string of the molecule is CC(C)c1ccc(C(=O)I)nc1. The Bertz CT molecular complexity index is 279. The van der Waals surface area contributed by atoms with Crippen LogP contribution in [-0.4, -0.2) is 8.77 Å². The van der Waals surface area contributed by atoms with Crippen LogP contribution < -0.4 is 0 Å². The van der Waals surface area contributed by atoms with E-state index in [9.17, 15) is 4.79 Å². The first-order chi connectivity index (χ1) is 5.61. The number of carbonyl (C=O) groups is 1. The fourth-order valence-corrected chi connectivity index (χ4v) is 1.18. The predicted molar refractivity (Wildman–Crippen MR) is 56.7 cm³/mol. The highest BCUT2D eigenvalue weighted by Crippen LogP contribution is 2.13. The number of halogens is 1. The van der Waals surface area contributed by atoms with Gasteiger partial charge in [0.05, 0.1) is 0 Å². The van der Waals surface area contributed by atoms with Gasteiger partial charge in [-0.05, 0) is 17.5 Å². The first-order valence-corrected chi connectivity index (χ1v) is 4.85. The average molecular weight is 275 g/mol. The van der Waals surface area contributed by atoms with Gasteiger partial charge in [-0.3, -0.25) is 9.78 Å².